The SMILES string of the molecule is COc1cccc(N2CCN(CC(=O)Nc3ccccc3Br)CC2)c1. The number of hydrogen-bond acceptors (Lipinski definition) is 4. The quantitative estimate of drug-likeness (QED) is 0.832. The topological polar surface area (TPSA) is 44.8 Å². The predicted octanol–water partition coefficient (Wildman–Crippen LogP) is 3.22. The van der Waals surface area contributed by atoms with E-state index in [-0.39, 0.29) is 5.91 Å². The third kappa shape index (κ3) is 4.74. The number of rotatable bonds is 5. The summed E-state index contributed by atoms with van der Waals surface area (Å²) in [6.07, 6.45) is 0. The molecule has 0 aliphatic carbocycles. The largest absolute Gasteiger partial charge is 0.497 e. The minimum absolute atomic E-state index is 0.0155. The van der Waals surface area contributed by atoms with Crippen molar-refractivity contribution in [2.75, 3.05) is 50.1 Å². The molecule has 3 rings (SSSR count). The number of halogens is 1. The van der Waals surface area contributed by atoms with Crippen molar-refractivity contribution in [2.24, 2.45) is 0 Å². The van der Waals surface area contributed by atoms with Gasteiger partial charge in [0.05, 0.1) is 19.3 Å². The number of ether oxygens (including phenoxy) is 1. The van der Waals surface area contributed by atoms with E-state index in [4.69, 9.17) is 4.74 Å². The second kappa shape index (κ2) is 8.36. The summed E-state index contributed by atoms with van der Waals surface area (Å²) in [5, 5.41) is 2.96. The number of anilines is 2. The first-order chi connectivity index (χ1) is 12.2. The van der Waals surface area contributed by atoms with Gasteiger partial charge in [0.1, 0.15) is 5.75 Å². The number of nitrogens with one attached hydrogen (secondary N) is 1. The van der Waals surface area contributed by atoms with Crippen LogP contribution in [0.2, 0.25) is 0 Å². The zero-order valence-electron chi connectivity index (χ0n) is 14.2. The maximum absolute atomic E-state index is 12.3. The number of para-hydroxylation sites is 1. The van der Waals surface area contributed by atoms with E-state index in [9.17, 15) is 4.79 Å². The Bertz CT molecular complexity index is 730. The standard InChI is InChI=1S/C19H22BrN3O2/c1-25-16-6-4-5-15(13-16)23-11-9-22(10-12-23)14-19(24)21-18-8-3-2-7-17(18)20/h2-8,13H,9-12,14H2,1H3,(H,21,24). The molecule has 6 heteroatoms. The molecule has 0 spiro atoms. The van der Waals surface area contributed by atoms with E-state index < -0.39 is 0 Å². The van der Waals surface area contributed by atoms with Crippen molar-refractivity contribution in [1.29, 1.82) is 0 Å². The number of amides is 1. The van der Waals surface area contributed by atoms with Gasteiger partial charge in [0.2, 0.25) is 5.91 Å². The molecule has 1 heterocycles. The lowest BCUT2D eigenvalue weighted by molar-refractivity contribution is -0.117. The predicted molar refractivity (Wildman–Crippen MR) is 104 cm³/mol. The molecule has 0 saturated carbocycles. The average molecular weight is 404 g/mol. The number of hydrogen-bond donors (Lipinski definition) is 1. The molecule has 1 N–H and O–H groups in total. The zero-order valence-corrected chi connectivity index (χ0v) is 15.8. The monoisotopic (exact) mass is 403 g/mol. The van der Waals surface area contributed by atoms with Crippen molar-refractivity contribution in [3.8, 4) is 5.75 Å². The molecule has 132 valence electrons. The summed E-state index contributed by atoms with van der Waals surface area (Å²) in [4.78, 5) is 16.8. The van der Waals surface area contributed by atoms with Gasteiger partial charge < -0.3 is 15.0 Å². The van der Waals surface area contributed by atoms with Crippen LogP contribution >= 0.6 is 15.9 Å². The minimum atomic E-state index is 0.0155. The number of benzene rings is 2. The van der Waals surface area contributed by atoms with Crippen LogP contribution in [-0.2, 0) is 4.79 Å². The second-order valence-electron chi connectivity index (χ2n) is 5.99. The molecular formula is C19H22BrN3O2. The number of carbonyl (C=O) groups excluding carboxylic acids is 1. The van der Waals surface area contributed by atoms with Crippen LogP contribution in [0.5, 0.6) is 5.75 Å². The van der Waals surface area contributed by atoms with Crippen LogP contribution in [0.4, 0.5) is 11.4 Å². The van der Waals surface area contributed by atoms with Crippen LogP contribution in [0.25, 0.3) is 0 Å². The Morgan fingerprint density at radius 2 is 1.88 bits per heavy atom. The van der Waals surface area contributed by atoms with Crippen molar-refractivity contribution >= 4 is 33.2 Å². The van der Waals surface area contributed by atoms with Gasteiger partial charge in [0, 0.05) is 42.4 Å². The number of methoxy groups -OCH3 is 1. The molecule has 0 atom stereocenters. The fraction of sp³-hybridized carbons (Fsp3) is 0.316. The molecule has 0 radical (unpaired) electrons. The van der Waals surface area contributed by atoms with E-state index >= 15 is 0 Å². The fourth-order valence-corrected chi connectivity index (χ4v) is 3.31. The maximum Gasteiger partial charge on any atom is 0.238 e. The lowest BCUT2D eigenvalue weighted by atomic mass is 10.2. The highest BCUT2D eigenvalue weighted by atomic mass is 79.9. The Labute approximate surface area is 156 Å². The van der Waals surface area contributed by atoms with Crippen LogP contribution in [0.3, 0.4) is 0 Å². The summed E-state index contributed by atoms with van der Waals surface area (Å²) in [5.41, 5.74) is 1.97. The molecular weight excluding hydrogens is 382 g/mol. The van der Waals surface area contributed by atoms with Crippen LogP contribution in [0.1, 0.15) is 0 Å². The lowest BCUT2D eigenvalue weighted by Gasteiger charge is -2.35. The van der Waals surface area contributed by atoms with E-state index in [1.54, 1.807) is 7.11 Å². The van der Waals surface area contributed by atoms with Crippen molar-refractivity contribution in [3.63, 3.8) is 0 Å². The van der Waals surface area contributed by atoms with Crippen LogP contribution in [0.15, 0.2) is 53.0 Å². The first-order valence-corrected chi connectivity index (χ1v) is 9.11. The number of piperazine rings is 1. The van der Waals surface area contributed by atoms with E-state index in [1.807, 2.05) is 36.4 Å². The molecule has 1 amide bonds. The Morgan fingerprint density at radius 1 is 1.12 bits per heavy atom. The van der Waals surface area contributed by atoms with Gasteiger partial charge in [-0.2, -0.15) is 0 Å². The Hall–Kier alpha value is -2.05. The molecule has 2 aromatic carbocycles. The van der Waals surface area contributed by atoms with Gasteiger partial charge in [-0.1, -0.05) is 18.2 Å². The average Bonchev–Trinajstić information content (AvgIpc) is 2.64. The lowest BCUT2D eigenvalue weighted by Crippen LogP contribution is -2.48. The van der Waals surface area contributed by atoms with Gasteiger partial charge in [-0.15, -0.1) is 0 Å². The van der Waals surface area contributed by atoms with Crippen molar-refractivity contribution in [2.45, 2.75) is 0 Å². The summed E-state index contributed by atoms with van der Waals surface area (Å²) in [7, 11) is 1.68. The summed E-state index contributed by atoms with van der Waals surface area (Å²) in [6.45, 7) is 3.93. The smallest absolute Gasteiger partial charge is 0.238 e. The van der Waals surface area contributed by atoms with E-state index in [0.29, 0.717) is 6.54 Å². The van der Waals surface area contributed by atoms with Crippen molar-refractivity contribution in [3.05, 3.63) is 53.0 Å². The normalized spacial score (nSPS) is 15.0. The van der Waals surface area contributed by atoms with E-state index in [0.717, 1.165) is 47.8 Å². The summed E-state index contributed by atoms with van der Waals surface area (Å²) >= 11 is 3.45. The Balaban J connectivity index is 1.50. The molecule has 0 bridgehead atoms. The molecule has 1 aliphatic heterocycles. The zero-order chi connectivity index (χ0) is 17.6. The van der Waals surface area contributed by atoms with Gasteiger partial charge in [-0.25, -0.2) is 0 Å². The third-order valence-corrected chi connectivity index (χ3v) is 5.00. The minimum Gasteiger partial charge on any atom is -0.497 e. The van der Waals surface area contributed by atoms with Gasteiger partial charge in [0.25, 0.3) is 0 Å². The van der Waals surface area contributed by atoms with Gasteiger partial charge >= 0.3 is 0 Å². The summed E-state index contributed by atoms with van der Waals surface area (Å²) in [6, 6.07) is 15.8. The highest BCUT2D eigenvalue weighted by Crippen LogP contribution is 2.23. The molecule has 5 nitrogen and oxygen atoms in total. The molecule has 0 aromatic heterocycles. The third-order valence-electron chi connectivity index (χ3n) is 4.31. The van der Waals surface area contributed by atoms with Crippen LogP contribution < -0.4 is 15.0 Å². The highest BCUT2D eigenvalue weighted by Gasteiger charge is 2.19. The molecule has 25 heavy (non-hydrogen) atoms. The van der Waals surface area contributed by atoms with E-state index in [1.165, 1.54) is 0 Å². The summed E-state index contributed by atoms with van der Waals surface area (Å²) in [5.74, 6) is 0.884. The number of carbonyl (C=O) groups is 1. The fourth-order valence-electron chi connectivity index (χ4n) is 2.93. The first kappa shape index (κ1) is 17.8. The molecule has 1 aliphatic rings. The van der Waals surface area contributed by atoms with E-state index in [2.05, 4.69) is 43.2 Å². The highest BCUT2D eigenvalue weighted by molar-refractivity contribution is 9.10. The van der Waals surface area contributed by atoms with Gasteiger partial charge in [-0.3, -0.25) is 9.69 Å². The van der Waals surface area contributed by atoms with Gasteiger partial charge in [-0.05, 0) is 40.2 Å². The Kier molecular flexibility index (Phi) is 5.94. The van der Waals surface area contributed by atoms with Crippen molar-refractivity contribution < 1.29 is 9.53 Å². The van der Waals surface area contributed by atoms with Crippen LogP contribution in [-0.4, -0.2) is 50.6 Å². The molecule has 2 aromatic rings. The molecule has 1 saturated heterocycles. The van der Waals surface area contributed by atoms with Gasteiger partial charge in [0.15, 0.2) is 0 Å². The second-order valence-corrected chi connectivity index (χ2v) is 6.85. The first-order valence-electron chi connectivity index (χ1n) is 8.31. The molecule has 1 fully saturated rings. The number of nitrogens with zero attached hydrogens (tertiary/aromatic N) is 2. The Morgan fingerprint density at radius 3 is 2.60 bits per heavy atom. The van der Waals surface area contributed by atoms with Crippen LogP contribution in [0, 0.1) is 0 Å². The maximum atomic E-state index is 12.3. The summed E-state index contributed by atoms with van der Waals surface area (Å²) < 4.78 is 6.19. The van der Waals surface area contributed by atoms with Crippen molar-refractivity contribution in [1.82, 2.24) is 4.90 Å². The molecule has 0 unspecified atom stereocenters.